The molecule has 0 saturated carbocycles. The summed E-state index contributed by atoms with van der Waals surface area (Å²) in [6, 6.07) is 58.4. The summed E-state index contributed by atoms with van der Waals surface area (Å²) >= 11 is 0. The molecule has 51 heavy (non-hydrogen) atoms. The molecule has 242 valence electrons. The Morgan fingerprint density at radius 2 is 1.20 bits per heavy atom. The third-order valence-corrected chi connectivity index (χ3v) is 10.6. The monoisotopic (exact) mass is 656 g/mol. The van der Waals surface area contributed by atoms with Gasteiger partial charge in [0.1, 0.15) is 11.2 Å². The van der Waals surface area contributed by atoms with Gasteiger partial charge in [0, 0.05) is 43.7 Å². The summed E-state index contributed by atoms with van der Waals surface area (Å²) in [5.41, 5.74) is 11.1. The second-order valence-corrected chi connectivity index (χ2v) is 13.4. The maximum absolute atomic E-state index is 6.42. The average Bonchev–Trinajstić information content (AvgIpc) is 3.85. The van der Waals surface area contributed by atoms with Gasteiger partial charge in [0.2, 0.25) is 0 Å². The highest BCUT2D eigenvalue weighted by molar-refractivity contribution is 6.29. The van der Waals surface area contributed by atoms with Gasteiger partial charge in [-0.05, 0) is 65.7 Å². The van der Waals surface area contributed by atoms with E-state index in [4.69, 9.17) is 4.42 Å². The lowest BCUT2D eigenvalue weighted by atomic mass is 10.0. The third-order valence-electron chi connectivity index (χ3n) is 10.6. The first kappa shape index (κ1) is 28.3. The molecule has 2 unspecified atom stereocenters. The maximum Gasteiger partial charge on any atom is 0.160 e. The predicted octanol–water partition coefficient (Wildman–Crippen LogP) is 11.2. The van der Waals surface area contributed by atoms with Gasteiger partial charge in [-0.25, -0.2) is 0 Å². The van der Waals surface area contributed by atoms with E-state index in [1.807, 2.05) is 6.07 Å². The van der Waals surface area contributed by atoms with E-state index < -0.39 is 0 Å². The lowest BCUT2D eigenvalue weighted by Gasteiger charge is -2.34. The summed E-state index contributed by atoms with van der Waals surface area (Å²) < 4.78 is 11.3. The lowest BCUT2D eigenvalue weighted by Crippen LogP contribution is -2.43. The zero-order valence-electron chi connectivity index (χ0n) is 27.6. The van der Waals surface area contributed by atoms with Crippen molar-refractivity contribution in [2.75, 3.05) is 0 Å². The molecule has 5 heteroatoms. The Kier molecular flexibility index (Phi) is 6.09. The second kappa shape index (κ2) is 11.0. The van der Waals surface area contributed by atoms with Gasteiger partial charge in [-0.3, -0.25) is 5.32 Å². The van der Waals surface area contributed by atoms with Crippen LogP contribution in [-0.4, -0.2) is 9.13 Å². The molecule has 1 aliphatic rings. The van der Waals surface area contributed by atoms with E-state index >= 15 is 0 Å². The van der Waals surface area contributed by atoms with Crippen molar-refractivity contribution >= 4 is 71.2 Å². The number of hydrogen-bond donors (Lipinski definition) is 2. The van der Waals surface area contributed by atoms with Gasteiger partial charge in [-0.15, -0.1) is 0 Å². The highest BCUT2D eigenvalue weighted by Gasteiger charge is 2.28. The van der Waals surface area contributed by atoms with Crippen molar-refractivity contribution in [1.82, 2.24) is 19.8 Å². The van der Waals surface area contributed by atoms with Crippen molar-refractivity contribution in [1.29, 1.82) is 0 Å². The molecule has 7 aromatic carbocycles. The molecule has 11 rings (SSSR count). The van der Waals surface area contributed by atoms with Crippen LogP contribution >= 0.6 is 0 Å². The number of rotatable bonds is 4. The standard InChI is InChI=1S/C46H32N4O/c1-4-14-29(15-5-1)36-27-37(30-16-6-2-7-17-30)48-46(47-36)50-38-22-12-10-20-32(38)34-26-35-41(28-40(34)50)49(31-18-8-3-9-19-31)39-24-25-43-45(44(35)39)33-21-11-13-23-42(33)51-43/h1-28,36,46-48H. The molecule has 1 aliphatic heterocycles. The Morgan fingerprint density at radius 1 is 0.490 bits per heavy atom. The van der Waals surface area contributed by atoms with Crippen molar-refractivity contribution in [2.45, 2.75) is 12.3 Å². The molecule has 2 N–H and O–H groups in total. The summed E-state index contributed by atoms with van der Waals surface area (Å²) in [5.74, 6) is 0. The minimum atomic E-state index is -0.227. The van der Waals surface area contributed by atoms with Crippen molar-refractivity contribution in [3.63, 3.8) is 0 Å². The van der Waals surface area contributed by atoms with Crippen LogP contribution in [0.3, 0.4) is 0 Å². The second-order valence-electron chi connectivity index (χ2n) is 13.4. The Labute approximate surface area is 293 Å². The SMILES string of the molecule is C1=C(c2ccccc2)NC(n2c3ccccc3c3cc4c5c6c(ccc5n(-c5ccccc5)c4cc32)oc2ccccc26)NC1c1ccccc1. The van der Waals surface area contributed by atoms with E-state index in [9.17, 15) is 0 Å². The third kappa shape index (κ3) is 4.25. The Balaban J connectivity index is 1.23. The van der Waals surface area contributed by atoms with Crippen molar-refractivity contribution in [2.24, 2.45) is 0 Å². The summed E-state index contributed by atoms with van der Waals surface area (Å²) in [4.78, 5) is 0. The molecule has 0 saturated heterocycles. The molecule has 0 fully saturated rings. The van der Waals surface area contributed by atoms with Gasteiger partial charge in [-0.1, -0.05) is 115 Å². The fourth-order valence-electron chi connectivity index (χ4n) is 8.36. The van der Waals surface area contributed by atoms with Crippen molar-refractivity contribution < 1.29 is 4.42 Å². The van der Waals surface area contributed by atoms with Crippen LogP contribution in [0.1, 0.15) is 23.5 Å². The van der Waals surface area contributed by atoms with E-state index in [1.165, 1.54) is 32.6 Å². The van der Waals surface area contributed by atoms with Gasteiger partial charge >= 0.3 is 0 Å². The van der Waals surface area contributed by atoms with Crippen molar-refractivity contribution in [3.8, 4) is 5.69 Å². The topological polar surface area (TPSA) is 47.1 Å². The molecule has 0 amide bonds. The number of para-hydroxylation sites is 3. The van der Waals surface area contributed by atoms with E-state index in [0.29, 0.717) is 0 Å². The first-order valence-corrected chi connectivity index (χ1v) is 17.5. The lowest BCUT2D eigenvalue weighted by molar-refractivity contribution is 0.350. The Morgan fingerprint density at radius 3 is 2.02 bits per heavy atom. The summed E-state index contributed by atoms with van der Waals surface area (Å²) in [6.45, 7) is 0. The first-order chi connectivity index (χ1) is 25.3. The van der Waals surface area contributed by atoms with Crippen LogP contribution in [-0.2, 0) is 0 Å². The molecule has 5 nitrogen and oxygen atoms in total. The van der Waals surface area contributed by atoms with Gasteiger partial charge in [0.05, 0.1) is 28.1 Å². The molecule has 10 aromatic rings. The molecule has 0 aliphatic carbocycles. The molecule has 0 bridgehead atoms. The zero-order chi connectivity index (χ0) is 33.5. The number of hydrogen-bond acceptors (Lipinski definition) is 3. The van der Waals surface area contributed by atoms with Crippen LogP contribution in [0.4, 0.5) is 0 Å². The van der Waals surface area contributed by atoms with Gasteiger partial charge < -0.3 is 18.9 Å². The predicted molar refractivity (Wildman–Crippen MR) is 210 cm³/mol. The number of benzene rings is 7. The summed E-state index contributed by atoms with van der Waals surface area (Å²) in [5, 5.41) is 15.0. The van der Waals surface area contributed by atoms with E-state index in [1.54, 1.807) is 0 Å². The summed E-state index contributed by atoms with van der Waals surface area (Å²) in [7, 11) is 0. The summed E-state index contributed by atoms with van der Waals surface area (Å²) in [6.07, 6.45) is 2.08. The highest BCUT2D eigenvalue weighted by Crippen LogP contribution is 2.44. The van der Waals surface area contributed by atoms with Gasteiger partial charge in [-0.2, -0.15) is 0 Å². The quantitative estimate of drug-likeness (QED) is 0.198. The Bertz CT molecular complexity index is 2970. The largest absolute Gasteiger partial charge is 0.456 e. The number of aromatic nitrogens is 2. The zero-order valence-corrected chi connectivity index (χ0v) is 27.6. The van der Waals surface area contributed by atoms with Crippen LogP contribution in [0.25, 0.3) is 76.9 Å². The van der Waals surface area contributed by atoms with Crippen LogP contribution in [0.2, 0.25) is 0 Å². The molecule has 3 aromatic heterocycles. The first-order valence-electron chi connectivity index (χ1n) is 17.5. The van der Waals surface area contributed by atoms with Crippen LogP contribution in [0, 0.1) is 0 Å². The van der Waals surface area contributed by atoms with Crippen LogP contribution in [0.15, 0.2) is 174 Å². The molecule has 0 spiro atoms. The number of nitrogens with zero attached hydrogens (tertiary/aromatic N) is 2. The van der Waals surface area contributed by atoms with E-state index in [2.05, 4.69) is 184 Å². The van der Waals surface area contributed by atoms with Crippen LogP contribution in [0.5, 0.6) is 0 Å². The molecule has 2 atom stereocenters. The minimum Gasteiger partial charge on any atom is -0.456 e. The van der Waals surface area contributed by atoms with E-state index in [-0.39, 0.29) is 12.3 Å². The fourth-order valence-corrected chi connectivity index (χ4v) is 8.36. The maximum atomic E-state index is 6.42. The van der Waals surface area contributed by atoms with Crippen molar-refractivity contribution in [3.05, 3.63) is 181 Å². The number of fused-ring (bicyclic) bond motifs is 10. The minimum absolute atomic E-state index is 0.00558. The molecular weight excluding hydrogens is 625 g/mol. The normalized spacial score (nSPS) is 16.4. The number of furan rings is 1. The molecule has 4 heterocycles. The molecule has 0 radical (unpaired) electrons. The van der Waals surface area contributed by atoms with Gasteiger partial charge in [0.15, 0.2) is 6.29 Å². The molecular formula is C46H32N4O. The van der Waals surface area contributed by atoms with Crippen LogP contribution < -0.4 is 10.6 Å². The van der Waals surface area contributed by atoms with E-state index in [0.717, 1.165) is 55.4 Å². The van der Waals surface area contributed by atoms with Gasteiger partial charge in [0.25, 0.3) is 0 Å². The average molecular weight is 657 g/mol. The smallest absolute Gasteiger partial charge is 0.160 e. The highest BCUT2D eigenvalue weighted by atomic mass is 16.3. The fraction of sp³-hybridized carbons (Fsp3) is 0.0435. The Hall–Kier alpha value is -6.56. The number of nitrogens with one attached hydrogen (secondary N) is 2.